The molecule has 110 valence electrons. The number of hydrogen-bond donors (Lipinski definition) is 1. The second-order valence-corrected chi connectivity index (χ2v) is 5.78. The molecule has 1 saturated heterocycles. The first-order chi connectivity index (χ1) is 10.2. The Bertz CT molecular complexity index is 647. The summed E-state index contributed by atoms with van der Waals surface area (Å²) in [5.74, 6) is 0.598. The van der Waals surface area contributed by atoms with Crippen LogP contribution in [0.3, 0.4) is 0 Å². The Balaban J connectivity index is 2.00. The minimum absolute atomic E-state index is 0.0519. The third-order valence-corrected chi connectivity index (χ3v) is 4.44. The molecular weight excluding hydrogens is 260 g/mol. The first-order valence-corrected chi connectivity index (χ1v) is 7.75. The highest BCUT2D eigenvalue weighted by molar-refractivity contribution is 6.05. The fraction of sp³-hybridized carbons (Fsp3) is 0.389. The van der Waals surface area contributed by atoms with Gasteiger partial charge in [-0.15, -0.1) is 0 Å². The van der Waals surface area contributed by atoms with E-state index in [0.717, 1.165) is 24.0 Å². The van der Waals surface area contributed by atoms with Crippen molar-refractivity contribution < 1.29 is 4.79 Å². The van der Waals surface area contributed by atoms with E-state index in [9.17, 15) is 4.79 Å². The molecule has 0 bridgehead atoms. The highest BCUT2D eigenvalue weighted by Gasteiger charge is 2.32. The van der Waals surface area contributed by atoms with Crippen LogP contribution in [0.1, 0.15) is 20.3 Å². The van der Waals surface area contributed by atoms with E-state index in [4.69, 9.17) is 0 Å². The third kappa shape index (κ3) is 2.54. The van der Waals surface area contributed by atoms with Gasteiger partial charge in [-0.25, -0.2) is 0 Å². The van der Waals surface area contributed by atoms with E-state index in [1.54, 1.807) is 0 Å². The molecule has 0 spiro atoms. The van der Waals surface area contributed by atoms with Crippen LogP contribution >= 0.6 is 0 Å². The molecule has 3 heteroatoms. The number of fused-ring (bicyclic) bond motifs is 1. The van der Waals surface area contributed by atoms with Gasteiger partial charge in [-0.05, 0) is 37.3 Å². The predicted octanol–water partition coefficient (Wildman–Crippen LogP) is 3.19. The van der Waals surface area contributed by atoms with E-state index >= 15 is 0 Å². The molecule has 3 rings (SSSR count). The summed E-state index contributed by atoms with van der Waals surface area (Å²) in [6, 6.07) is 14.4. The molecule has 1 heterocycles. The molecule has 2 atom stereocenters. The van der Waals surface area contributed by atoms with Crippen LogP contribution in [-0.2, 0) is 4.79 Å². The van der Waals surface area contributed by atoms with Crippen molar-refractivity contribution in [1.29, 1.82) is 0 Å². The van der Waals surface area contributed by atoms with Gasteiger partial charge in [0.2, 0.25) is 5.91 Å². The number of rotatable bonds is 3. The summed E-state index contributed by atoms with van der Waals surface area (Å²) in [5.41, 5.74) is 1.02. The van der Waals surface area contributed by atoms with Crippen molar-refractivity contribution in [2.45, 2.75) is 26.3 Å². The molecule has 21 heavy (non-hydrogen) atoms. The van der Waals surface area contributed by atoms with Crippen LogP contribution in [0.4, 0.5) is 5.69 Å². The maximum absolute atomic E-state index is 12.9. The van der Waals surface area contributed by atoms with Crippen molar-refractivity contribution in [3.63, 3.8) is 0 Å². The van der Waals surface area contributed by atoms with Gasteiger partial charge >= 0.3 is 0 Å². The summed E-state index contributed by atoms with van der Waals surface area (Å²) < 4.78 is 0. The first-order valence-electron chi connectivity index (χ1n) is 7.75. The summed E-state index contributed by atoms with van der Waals surface area (Å²) >= 11 is 0. The molecule has 0 aromatic heterocycles. The summed E-state index contributed by atoms with van der Waals surface area (Å²) in [6.45, 7) is 5.82. The van der Waals surface area contributed by atoms with Crippen LogP contribution in [0.15, 0.2) is 42.5 Å². The number of nitrogens with zero attached hydrogens (tertiary/aromatic N) is 1. The Morgan fingerprint density at radius 2 is 2.00 bits per heavy atom. The summed E-state index contributed by atoms with van der Waals surface area (Å²) in [5, 5.41) is 5.66. The Morgan fingerprint density at radius 1 is 1.24 bits per heavy atom. The maximum Gasteiger partial charge on any atom is 0.244 e. The van der Waals surface area contributed by atoms with E-state index < -0.39 is 0 Å². The first kappa shape index (κ1) is 14.1. The molecule has 0 radical (unpaired) electrons. The Morgan fingerprint density at radius 3 is 2.71 bits per heavy atom. The number of benzene rings is 2. The fourth-order valence-electron chi connectivity index (χ4n) is 3.22. The molecule has 2 unspecified atom stereocenters. The van der Waals surface area contributed by atoms with Gasteiger partial charge < -0.3 is 10.2 Å². The van der Waals surface area contributed by atoms with Crippen molar-refractivity contribution in [1.82, 2.24) is 5.32 Å². The second-order valence-electron chi connectivity index (χ2n) is 5.78. The van der Waals surface area contributed by atoms with Crippen LogP contribution in [0.25, 0.3) is 10.8 Å². The molecule has 1 fully saturated rings. The number of nitrogens with one attached hydrogen (secondary N) is 1. The van der Waals surface area contributed by atoms with Gasteiger partial charge in [-0.2, -0.15) is 0 Å². The van der Waals surface area contributed by atoms with Gasteiger partial charge in [0.15, 0.2) is 0 Å². The molecule has 0 saturated carbocycles. The molecule has 1 aliphatic rings. The van der Waals surface area contributed by atoms with E-state index in [2.05, 4.69) is 30.4 Å². The van der Waals surface area contributed by atoms with Gasteiger partial charge in [0.05, 0.1) is 11.7 Å². The summed E-state index contributed by atoms with van der Waals surface area (Å²) in [6.07, 6.45) is 1.07. The maximum atomic E-state index is 12.9. The summed E-state index contributed by atoms with van der Waals surface area (Å²) in [7, 11) is 0. The number of carbonyl (C=O) groups is 1. The normalized spacial score (nSPS) is 21.6. The van der Waals surface area contributed by atoms with Crippen molar-refractivity contribution in [3.05, 3.63) is 42.5 Å². The van der Waals surface area contributed by atoms with Gasteiger partial charge in [0, 0.05) is 11.9 Å². The SMILES string of the molecule is CCN(C(=O)C1NCCC1C)c1cccc2ccccc12. The fourth-order valence-corrected chi connectivity index (χ4v) is 3.22. The zero-order chi connectivity index (χ0) is 14.8. The van der Waals surface area contributed by atoms with Gasteiger partial charge in [0.1, 0.15) is 0 Å². The lowest BCUT2D eigenvalue weighted by Crippen LogP contribution is -2.46. The van der Waals surface area contributed by atoms with Crippen molar-refractivity contribution >= 4 is 22.4 Å². The van der Waals surface area contributed by atoms with E-state index in [-0.39, 0.29) is 11.9 Å². The monoisotopic (exact) mass is 282 g/mol. The second kappa shape index (κ2) is 5.86. The molecule has 1 aliphatic heterocycles. The van der Waals surface area contributed by atoms with Crippen LogP contribution in [0.5, 0.6) is 0 Å². The quantitative estimate of drug-likeness (QED) is 0.937. The summed E-state index contributed by atoms with van der Waals surface area (Å²) in [4.78, 5) is 14.8. The van der Waals surface area contributed by atoms with E-state index in [1.807, 2.05) is 36.1 Å². The molecule has 0 aliphatic carbocycles. The lowest BCUT2D eigenvalue weighted by Gasteiger charge is -2.27. The molecule has 1 amide bonds. The van der Waals surface area contributed by atoms with E-state index in [0.29, 0.717) is 12.5 Å². The number of hydrogen-bond acceptors (Lipinski definition) is 2. The van der Waals surface area contributed by atoms with Crippen LogP contribution in [0.2, 0.25) is 0 Å². The standard InChI is InChI=1S/C18H22N2O/c1-3-20(18(21)17-13(2)11-12-19-17)16-10-6-8-14-7-4-5-9-15(14)16/h4-10,13,17,19H,3,11-12H2,1-2H3. The smallest absolute Gasteiger partial charge is 0.244 e. The Hall–Kier alpha value is -1.87. The number of amides is 1. The molecule has 1 N–H and O–H groups in total. The lowest BCUT2D eigenvalue weighted by molar-refractivity contribution is -0.120. The highest BCUT2D eigenvalue weighted by Crippen LogP contribution is 2.28. The molecular formula is C18H22N2O. The van der Waals surface area contributed by atoms with Gasteiger partial charge in [-0.1, -0.05) is 43.3 Å². The average Bonchev–Trinajstić information content (AvgIpc) is 2.94. The minimum atomic E-state index is -0.0519. The topological polar surface area (TPSA) is 32.3 Å². The Kier molecular flexibility index (Phi) is 3.93. The van der Waals surface area contributed by atoms with Crippen molar-refractivity contribution in [2.24, 2.45) is 5.92 Å². The minimum Gasteiger partial charge on any atom is -0.311 e. The lowest BCUT2D eigenvalue weighted by atomic mass is 10.0. The third-order valence-electron chi connectivity index (χ3n) is 4.44. The van der Waals surface area contributed by atoms with Crippen LogP contribution in [-0.4, -0.2) is 25.0 Å². The molecule has 2 aromatic carbocycles. The highest BCUT2D eigenvalue weighted by atomic mass is 16.2. The molecule has 2 aromatic rings. The largest absolute Gasteiger partial charge is 0.311 e. The van der Waals surface area contributed by atoms with Crippen LogP contribution < -0.4 is 10.2 Å². The van der Waals surface area contributed by atoms with Crippen molar-refractivity contribution in [3.8, 4) is 0 Å². The van der Waals surface area contributed by atoms with Gasteiger partial charge in [-0.3, -0.25) is 4.79 Å². The average molecular weight is 282 g/mol. The number of carbonyl (C=O) groups excluding carboxylic acids is 1. The zero-order valence-electron chi connectivity index (χ0n) is 12.7. The van der Waals surface area contributed by atoms with Crippen molar-refractivity contribution in [2.75, 3.05) is 18.0 Å². The van der Waals surface area contributed by atoms with Crippen LogP contribution in [0, 0.1) is 5.92 Å². The number of anilines is 1. The predicted molar refractivity (Wildman–Crippen MR) is 87.5 cm³/mol. The molecule has 3 nitrogen and oxygen atoms in total. The Labute approximate surface area is 125 Å². The van der Waals surface area contributed by atoms with E-state index in [1.165, 1.54) is 5.39 Å². The zero-order valence-corrected chi connectivity index (χ0v) is 12.7. The number of likely N-dealkylation sites (N-methyl/N-ethyl adjacent to an activating group) is 1. The van der Waals surface area contributed by atoms with Gasteiger partial charge in [0.25, 0.3) is 0 Å².